The molecule has 0 bridgehead atoms. The molecule has 142 valence electrons. The number of likely N-dealkylation sites (tertiary alicyclic amines) is 1. The van der Waals surface area contributed by atoms with Crippen LogP contribution in [-0.2, 0) is 13.0 Å². The van der Waals surface area contributed by atoms with Crippen molar-refractivity contribution in [2.24, 2.45) is 11.8 Å². The summed E-state index contributed by atoms with van der Waals surface area (Å²) in [5.41, 5.74) is 0.196. The first-order valence-corrected chi connectivity index (χ1v) is 9.20. The summed E-state index contributed by atoms with van der Waals surface area (Å²) < 4.78 is 5.22. The van der Waals surface area contributed by atoms with Gasteiger partial charge in [0.1, 0.15) is 0 Å². The number of nitrogens with zero attached hydrogens (tertiary/aromatic N) is 4. The molecule has 0 saturated carbocycles. The molecule has 2 rings (SSSR count). The molecule has 25 heavy (non-hydrogen) atoms. The van der Waals surface area contributed by atoms with Gasteiger partial charge in [0.05, 0.1) is 6.54 Å². The van der Waals surface area contributed by atoms with Gasteiger partial charge >= 0.3 is 6.03 Å². The summed E-state index contributed by atoms with van der Waals surface area (Å²) >= 11 is 0. The molecule has 2 heterocycles. The highest BCUT2D eigenvalue weighted by molar-refractivity contribution is 5.73. The zero-order valence-corrected chi connectivity index (χ0v) is 16.5. The van der Waals surface area contributed by atoms with E-state index in [0.29, 0.717) is 36.6 Å². The molecule has 0 aliphatic carbocycles. The number of hydrogen-bond acceptors (Lipinski definition) is 5. The number of urea groups is 1. The number of nitrogens with one attached hydrogen (secondary N) is 1. The average molecular weight is 351 g/mol. The van der Waals surface area contributed by atoms with Crippen LogP contribution in [0, 0.1) is 11.8 Å². The quantitative estimate of drug-likeness (QED) is 0.852. The largest absolute Gasteiger partial charge is 0.339 e. The van der Waals surface area contributed by atoms with Crippen LogP contribution in [-0.4, -0.2) is 58.2 Å². The van der Waals surface area contributed by atoms with Gasteiger partial charge in [0.2, 0.25) is 5.89 Å². The highest BCUT2D eigenvalue weighted by Gasteiger charge is 2.30. The van der Waals surface area contributed by atoms with E-state index in [4.69, 9.17) is 4.52 Å². The maximum atomic E-state index is 12.3. The van der Waals surface area contributed by atoms with Gasteiger partial charge in [-0.2, -0.15) is 4.98 Å². The minimum atomic E-state index is -0.0931. The number of aromatic nitrogens is 2. The van der Waals surface area contributed by atoms with Gasteiger partial charge in [0, 0.05) is 32.1 Å². The first-order chi connectivity index (χ1) is 11.6. The van der Waals surface area contributed by atoms with Gasteiger partial charge in [-0.3, -0.25) is 4.90 Å². The van der Waals surface area contributed by atoms with E-state index in [1.165, 1.54) is 0 Å². The van der Waals surface area contributed by atoms with E-state index in [0.717, 1.165) is 25.9 Å². The van der Waals surface area contributed by atoms with Gasteiger partial charge in [-0.1, -0.05) is 19.0 Å². The lowest BCUT2D eigenvalue weighted by Crippen LogP contribution is -2.42. The van der Waals surface area contributed by atoms with Crippen LogP contribution >= 0.6 is 0 Å². The minimum Gasteiger partial charge on any atom is -0.339 e. The van der Waals surface area contributed by atoms with Crippen LogP contribution in [0.4, 0.5) is 4.79 Å². The molecule has 0 aromatic carbocycles. The van der Waals surface area contributed by atoms with Crippen molar-refractivity contribution in [3.8, 4) is 0 Å². The summed E-state index contributed by atoms with van der Waals surface area (Å²) in [5, 5.41) is 6.98. The monoisotopic (exact) mass is 351 g/mol. The van der Waals surface area contributed by atoms with Gasteiger partial charge < -0.3 is 14.7 Å². The third-order valence-corrected chi connectivity index (χ3v) is 4.59. The predicted octanol–water partition coefficient (Wildman–Crippen LogP) is 2.53. The Morgan fingerprint density at radius 2 is 2.16 bits per heavy atom. The van der Waals surface area contributed by atoms with Crippen molar-refractivity contribution in [1.29, 1.82) is 0 Å². The molecule has 1 aliphatic heterocycles. The van der Waals surface area contributed by atoms with Crippen molar-refractivity contribution in [2.45, 2.75) is 59.5 Å². The van der Waals surface area contributed by atoms with Crippen LogP contribution in [0.25, 0.3) is 0 Å². The molecular weight excluding hydrogens is 318 g/mol. The zero-order chi connectivity index (χ0) is 18.6. The first kappa shape index (κ1) is 19.7. The number of carbonyl (C=O) groups excluding carboxylic acids is 1. The molecule has 1 fully saturated rings. The van der Waals surface area contributed by atoms with Gasteiger partial charge in [-0.15, -0.1) is 0 Å². The molecule has 1 unspecified atom stereocenters. The van der Waals surface area contributed by atoms with E-state index in [1.54, 1.807) is 11.9 Å². The fourth-order valence-electron chi connectivity index (χ4n) is 3.05. The van der Waals surface area contributed by atoms with E-state index in [2.05, 4.69) is 55.0 Å². The first-order valence-electron chi connectivity index (χ1n) is 9.20. The lowest BCUT2D eigenvalue weighted by molar-refractivity contribution is 0.167. The van der Waals surface area contributed by atoms with Crippen molar-refractivity contribution in [3.05, 3.63) is 11.7 Å². The lowest BCUT2D eigenvalue weighted by atomic mass is 10.1. The SMILES string of the molecule is CC(C)Cc1nc(CN(C)C(=O)NCC2CCN(C(C)(C)C)C2)no1. The predicted molar refractivity (Wildman–Crippen MR) is 97.1 cm³/mol. The minimum absolute atomic E-state index is 0.0931. The molecule has 1 atom stereocenters. The number of carbonyl (C=O) groups is 1. The Labute approximate surface area is 151 Å². The van der Waals surface area contributed by atoms with Crippen molar-refractivity contribution in [3.63, 3.8) is 0 Å². The Kier molecular flexibility index (Phi) is 6.43. The van der Waals surface area contributed by atoms with Crippen LogP contribution in [0.2, 0.25) is 0 Å². The van der Waals surface area contributed by atoms with Crippen LogP contribution in [0.3, 0.4) is 0 Å². The molecular formula is C18H33N5O2. The standard InChI is InChI=1S/C18H33N5O2/c1-13(2)9-16-20-15(21-25-16)12-22(6)17(24)19-10-14-7-8-23(11-14)18(3,4)5/h13-14H,7-12H2,1-6H3,(H,19,24). The Hall–Kier alpha value is -1.63. The Bertz CT molecular complexity index is 564. The van der Waals surface area contributed by atoms with Crippen LogP contribution in [0.1, 0.15) is 52.8 Å². The fraction of sp³-hybridized carbons (Fsp3) is 0.833. The number of hydrogen-bond donors (Lipinski definition) is 1. The van der Waals surface area contributed by atoms with E-state index in [9.17, 15) is 4.79 Å². The second-order valence-corrected chi connectivity index (χ2v) is 8.52. The van der Waals surface area contributed by atoms with E-state index >= 15 is 0 Å². The molecule has 1 N–H and O–H groups in total. The molecule has 1 aromatic heterocycles. The smallest absolute Gasteiger partial charge is 0.317 e. The van der Waals surface area contributed by atoms with Crippen LogP contribution < -0.4 is 5.32 Å². The fourth-order valence-corrected chi connectivity index (χ4v) is 3.05. The normalized spacial score (nSPS) is 18.8. The van der Waals surface area contributed by atoms with E-state index in [1.807, 2.05) is 0 Å². The van der Waals surface area contributed by atoms with Gasteiger partial charge in [-0.05, 0) is 45.6 Å². The maximum absolute atomic E-state index is 12.3. The summed E-state index contributed by atoms with van der Waals surface area (Å²) in [7, 11) is 1.75. The summed E-state index contributed by atoms with van der Waals surface area (Å²) in [6.07, 6.45) is 1.89. The summed E-state index contributed by atoms with van der Waals surface area (Å²) in [6.45, 7) is 14.1. The highest BCUT2D eigenvalue weighted by Crippen LogP contribution is 2.23. The summed E-state index contributed by atoms with van der Waals surface area (Å²) in [6, 6.07) is -0.0931. The van der Waals surface area contributed by atoms with Crippen molar-refractivity contribution >= 4 is 6.03 Å². The zero-order valence-electron chi connectivity index (χ0n) is 16.5. The average Bonchev–Trinajstić information content (AvgIpc) is 3.13. The van der Waals surface area contributed by atoms with Crippen LogP contribution in [0.5, 0.6) is 0 Å². The van der Waals surface area contributed by atoms with Crippen molar-refractivity contribution < 1.29 is 9.32 Å². The maximum Gasteiger partial charge on any atom is 0.317 e. The Balaban J connectivity index is 1.74. The molecule has 1 aliphatic rings. The van der Waals surface area contributed by atoms with E-state index < -0.39 is 0 Å². The molecule has 2 amide bonds. The van der Waals surface area contributed by atoms with Crippen molar-refractivity contribution in [1.82, 2.24) is 25.3 Å². The Morgan fingerprint density at radius 3 is 2.76 bits per heavy atom. The molecule has 0 radical (unpaired) electrons. The van der Waals surface area contributed by atoms with Gasteiger partial charge in [-0.25, -0.2) is 4.79 Å². The van der Waals surface area contributed by atoms with Crippen molar-refractivity contribution in [2.75, 3.05) is 26.7 Å². The topological polar surface area (TPSA) is 74.5 Å². The third kappa shape index (κ3) is 5.99. The second-order valence-electron chi connectivity index (χ2n) is 8.52. The van der Waals surface area contributed by atoms with Gasteiger partial charge in [0.15, 0.2) is 5.82 Å². The second kappa shape index (κ2) is 8.17. The van der Waals surface area contributed by atoms with Gasteiger partial charge in [0.25, 0.3) is 0 Å². The molecule has 7 nitrogen and oxygen atoms in total. The summed E-state index contributed by atoms with van der Waals surface area (Å²) in [5.74, 6) is 2.16. The lowest BCUT2D eigenvalue weighted by Gasteiger charge is -2.31. The molecule has 0 spiro atoms. The molecule has 7 heteroatoms. The molecule has 1 saturated heterocycles. The number of rotatable bonds is 6. The van der Waals surface area contributed by atoms with Crippen LogP contribution in [0.15, 0.2) is 4.52 Å². The van der Waals surface area contributed by atoms with E-state index in [-0.39, 0.29) is 11.6 Å². The molecule has 1 aromatic rings. The highest BCUT2D eigenvalue weighted by atomic mass is 16.5. The number of amides is 2. The Morgan fingerprint density at radius 1 is 1.44 bits per heavy atom. The third-order valence-electron chi connectivity index (χ3n) is 4.59. The summed E-state index contributed by atoms with van der Waals surface area (Å²) in [4.78, 5) is 20.7.